The van der Waals surface area contributed by atoms with E-state index in [0.29, 0.717) is 37.5 Å². The van der Waals surface area contributed by atoms with Crippen LogP contribution in [0.2, 0.25) is 0 Å². The molecule has 1 amide bonds. The first-order chi connectivity index (χ1) is 12.3. The summed E-state index contributed by atoms with van der Waals surface area (Å²) in [4.78, 5) is 14.6. The monoisotopic (exact) mass is 379 g/mol. The van der Waals surface area contributed by atoms with E-state index in [4.69, 9.17) is 5.73 Å². The quantitative estimate of drug-likeness (QED) is 0.862. The number of benzene rings is 1. The first-order valence-electron chi connectivity index (χ1n) is 9.40. The van der Waals surface area contributed by atoms with Crippen molar-refractivity contribution in [2.45, 2.75) is 50.5 Å². The fourth-order valence-electron chi connectivity index (χ4n) is 3.87. The molecule has 1 heterocycles. The number of piperazine rings is 1. The Morgan fingerprint density at radius 2 is 1.81 bits per heavy atom. The van der Waals surface area contributed by atoms with Gasteiger partial charge in [-0.15, -0.1) is 0 Å². The number of rotatable bonds is 4. The largest absolute Gasteiger partial charge is 0.340 e. The predicted octanol–water partition coefficient (Wildman–Crippen LogP) is 1.65. The standard InChI is InChI=1S/C19H29N3O3S/c1-14-6-7-17(12-15(14)2)26(24,25)22-10-8-21(9-11-22)19(23)13-16-4-3-5-18(16)20/h6-7,12,16,18H,3-5,8-11,13,20H2,1-2H3/t16-,18+/m0/s1. The summed E-state index contributed by atoms with van der Waals surface area (Å²) in [5, 5.41) is 0. The molecule has 0 radical (unpaired) electrons. The van der Waals surface area contributed by atoms with Gasteiger partial charge in [-0.25, -0.2) is 8.42 Å². The summed E-state index contributed by atoms with van der Waals surface area (Å²) in [6.45, 7) is 5.47. The Labute approximate surface area is 156 Å². The van der Waals surface area contributed by atoms with E-state index in [0.717, 1.165) is 30.4 Å². The molecule has 2 fully saturated rings. The van der Waals surface area contributed by atoms with E-state index in [1.807, 2.05) is 19.9 Å². The van der Waals surface area contributed by atoms with Gasteiger partial charge in [0.25, 0.3) is 0 Å². The minimum Gasteiger partial charge on any atom is -0.340 e. The van der Waals surface area contributed by atoms with Crippen LogP contribution in [0.15, 0.2) is 23.1 Å². The second kappa shape index (κ2) is 7.66. The number of aryl methyl sites for hydroxylation is 2. The Kier molecular flexibility index (Phi) is 5.69. The Morgan fingerprint density at radius 1 is 1.12 bits per heavy atom. The number of nitrogens with zero attached hydrogens (tertiary/aromatic N) is 2. The molecule has 1 aromatic carbocycles. The van der Waals surface area contributed by atoms with Crippen molar-refractivity contribution in [1.82, 2.24) is 9.21 Å². The van der Waals surface area contributed by atoms with Crippen molar-refractivity contribution >= 4 is 15.9 Å². The highest BCUT2D eigenvalue weighted by Gasteiger charge is 2.32. The predicted molar refractivity (Wildman–Crippen MR) is 101 cm³/mol. The maximum Gasteiger partial charge on any atom is 0.243 e. The van der Waals surface area contributed by atoms with Gasteiger partial charge in [-0.3, -0.25) is 4.79 Å². The van der Waals surface area contributed by atoms with E-state index >= 15 is 0 Å². The number of amides is 1. The number of hydrogen-bond donors (Lipinski definition) is 1. The number of nitrogens with two attached hydrogens (primary N) is 1. The molecule has 1 aliphatic heterocycles. The van der Waals surface area contributed by atoms with E-state index in [1.54, 1.807) is 17.0 Å². The number of carbonyl (C=O) groups excluding carboxylic acids is 1. The summed E-state index contributed by atoms with van der Waals surface area (Å²) >= 11 is 0. The Bertz CT molecular complexity index is 770. The second-order valence-corrected chi connectivity index (χ2v) is 9.53. The molecular formula is C19H29N3O3S. The zero-order valence-corrected chi connectivity index (χ0v) is 16.5. The molecule has 2 N–H and O–H groups in total. The van der Waals surface area contributed by atoms with Crippen LogP contribution in [0.25, 0.3) is 0 Å². The molecule has 2 atom stereocenters. The third-order valence-electron chi connectivity index (χ3n) is 5.86. The molecule has 0 spiro atoms. The number of sulfonamides is 1. The molecule has 0 bridgehead atoms. The van der Waals surface area contributed by atoms with Crippen LogP contribution in [-0.4, -0.2) is 55.8 Å². The van der Waals surface area contributed by atoms with Crippen molar-refractivity contribution in [2.24, 2.45) is 11.7 Å². The van der Waals surface area contributed by atoms with Gasteiger partial charge in [0.2, 0.25) is 15.9 Å². The summed E-state index contributed by atoms with van der Waals surface area (Å²) in [7, 11) is -3.51. The smallest absolute Gasteiger partial charge is 0.243 e. The lowest BCUT2D eigenvalue weighted by Crippen LogP contribution is -2.51. The number of hydrogen-bond acceptors (Lipinski definition) is 4. The summed E-state index contributed by atoms with van der Waals surface area (Å²) in [5.74, 6) is 0.385. The van der Waals surface area contributed by atoms with Gasteiger partial charge in [0.05, 0.1) is 4.90 Å². The molecule has 144 valence electrons. The number of carbonyl (C=O) groups is 1. The Balaban J connectivity index is 1.60. The van der Waals surface area contributed by atoms with Crippen LogP contribution in [-0.2, 0) is 14.8 Å². The molecule has 26 heavy (non-hydrogen) atoms. The fraction of sp³-hybridized carbons (Fsp3) is 0.632. The zero-order valence-electron chi connectivity index (χ0n) is 15.6. The average Bonchev–Trinajstić information content (AvgIpc) is 3.02. The Morgan fingerprint density at radius 3 is 2.38 bits per heavy atom. The van der Waals surface area contributed by atoms with Gasteiger partial charge in [0.15, 0.2) is 0 Å². The minimum absolute atomic E-state index is 0.107. The van der Waals surface area contributed by atoms with Gasteiger partial charge >= 0.3 is 0 Å². The SMILES string of the molecule is Cc1ccc(S(=O)(=O)N2CCN(C(=O)C[C@@H]3CCC[C@H]3N)CC2)cc1C. The summed E-state index contributed by atoms with van der Waals surface area (Å²) in [6.07, 6.45) is 3.61. The normalized spacial score (nSPS) is 24.8. The highest BCUT2D eigenvalue weighted by Crippen LogP contribution is 2.28. The van der Waals surface area contributed by atoms with Gasteiger partial charge in [-0.2, -0.15) is 4.31 Å². The fourth-order valence-corrected chi connectivity index (χ4v) is 5.38. The molecule has 3 rings (SSSR count). The molecule has 0 aromatic heterocycles. The van der Waals surface area contributed by atoms with Crippen LogP contribution < -0.4 is 5.73 Å². The van der Waals surface area contributed by atoms with Gasteiger partial charge in [0, 0.05) is 38.6 Å². The second-order valence-electron chi connectivity index (χ2n) is 7.59. The summed E-state index contributed by atoms with van der Waals surface area (Å²) < 4.78 is 27.2. The maximum absolute atomic E-state index is 12.9. The molecule has 1 aliphatic carbocycles. The van der Waals surface area contributed by atoms with Crippen LogP contribution in [0.3, 0.4) is 0 Å². The first-order valence-corrected chi connectivity index (χ1v) is 10.8. The van der Waals surface area contributed by atoms with Crippen LogP contribution in [0.4, 0.5) is 0 Å². The van der Waals surface area contributed by atoms with Crippen molar-refractivity contribution in [2.75, 3.05) is 26.2 Å². The third-order valence-corrected chi connectivity index (χ3v) is 7.76. The highest BCUT2D eigenvalue weighted by atomic mass is 32.2. The van der Waals surface area contributed by atoms with E-state index in [2.05, 4.69) is 0 Å². The molecule has 1 saturated carbocycles. The summed E-state index contributed by atoms with van der Waals surface area (Å²) in [6, 6.07) is 5.36. The van der Waals surface area contributed by atoms with E-state index in [9.17, 15) is 13.2 Å². The van der Waals surface area contributed by atoms with E-state index < -0.39 is 10.0 Å². The molecule has 0 unspecified atom stereocenters. The van der Waals surface area contributed by atoms with Crippen molar-refractivity contribution in [1.29, 1.82) is 0 Å². The summed E-state index contributed by atoms with van der Waals surface area (Å²) in [5.41, 5.74) is 8.10. The van der Waals surface area contributed by atoms with E-state index in [1.165, 1.54) is 4.31 Å². The minimum atomic E-state index is -3.51. The van der Waals surface area contributed by atoms with Crippen molar-refractivity contribution in [3.05, 3.63) is 29.3 Å². The lowest BCUT2D eigenvalue weighted by molar-refractivity contribution is -0.133. The zero-order chi connectivity index (χ0) is 18.9. The molecule has 6 nitrogen and oxygen atoms in total. The van der Waals surface area contributed by atoms with Crippen molar-refractivity contribution in [3.8, 4) is 0 Å². The van der Waals surface area contributed by atoms with Crippen molar-refractivity contribution < 1.29 is 13.2 Å². The maximum atomic E-state index is 12.9. The lowest BCUT2D eigenvalue weighted by atomic mass is 9.99. The molecule has 1 aromatic rings. The third kappa shape index (κ3) is 3.94. The van der Waals surface area contributed by atoms with Crippen LogP contribution >= 0.6 is 0 Å². The first kappa shape index (κ1) is 19.3. The molecule has 2 aliphatic rings. The van der Waals surface area contributed by atoms with Gasteiger partial charge in [0.1, 0.15) is 0 Å². The van der Waals surface area contributed by atoms with Gasteiger partial charge in [-0.05, 0) is 55.9 Å². The Hall–Kier alpha value is -1.44. The molecule has 7 heteroatoms. The topological polar surface area (TPSA) is 83.7 Å². The van der Waals surface area contributed by atoms with Crippen LogP contribution in [0.5, 0.6) is 0 Å². The van der Waals surface area contributed by atoms with E-state index in [-0.39, 0.29) is 17.9 Å². The van der Waals surface area contributed by atoms with Crippen LogP contribution in [0, 0.1) is 19.8 Å². The lowest BCUT2D eigenvalue weighted by Gasteiger charge is -2.34. The average molecular weight is 380 g/mol. The van der Waals surface area contributed by atoms with Crippen LogP contribution in [0.1, 0.15) is 36.8 Å². The van der Waals surface area contributed by atoms with Gasteiger partial charge < -0.3 is 10.6 Å². The molecule has 1 saturated heterocycles. The molecular weight excluding hydrogens is 350 g/mol. The highest BCUT2D eigenvalue weighted by molar-refractivity contribution is 7.89. The van der Waals surface area contributed by atoms with Crippen molar-refractivity contribution in [3.63, 3.8) is 0 Å². The van der Waals surface area contributed by atoms with Gasteiger partial charge in [-0.1, -0.05) is 12.5 Å².